The van der Waals surface area contributed by atoms with Crippen LogP contribution in [0.1, 0.15) is 28.8 Å². The van der Waals surface area contributed by atoms with E-state index in [2.05, 4.69) is 10.5 Å². The Labute approximate surface area is 137 Å². The van der Waals surface area contributed by atoms with Crippen LogP contribution in [0.5, 0.6) is 0 Å². The second-order valence-electron chi connectivity index (χ2n) is 4.95. The van der Waals surface area contributed by atoms with Crippen LogP contribution >= 0.6 is 0 Å². The van der Waals surface area contributed by atoms with Crippen molar-refractivity contribution in [2.24, 2.45) is 5.16 Å². The van der Waals surface area contributed by atoms with E-state index in [9.17, 15) is 14.0 Å². The zero-order valence-electron chi connectivity index (χ0n) is 12.6. The number of carbonyl (C=O) groups is 2. The van der Waals surface area contributed by atoms with Crippen molar-refractivity contribution in [3.63, 3.8) is 0 Å². The SMILES string of the molecule is O=C(O)CCC(=NO)c1ccc(NC(=O)c2ccccc2F)cc1. The summed E-state index contributed by atoms with van der Waals surface area (Å²) < 4.78 is 13.6. The number of oxime groups is 1. The zero-order valence-corrected chi connectivity index (χ0v) is 12.6. The number of carboxylic acids is 1. The largest absolute Gasteiger partial charge is 0.481 e. The first-order chi connectivity index (χ1) is 11.5. The average Bonchev–Trinajstić information content (AvgIpc) is 2.57. The van der Waals surface area contributed by atoms with Crippen molar-refractivity contribution in [2.45, 2.75) is 12.8 Å². The zero-order chi connectivity index (χ0) is 17.5. The van der Waals surface area contributed by atoms with Gasteiger partial charge in [0.25, 0.3) is 5.91 Å². The number of halogens is 1. The molecule has 0 fully saturated rings. The Morgan fingerprint density at radius 1 is 1.04 bits per heavy atom. The summed E-state index contributed by atoms with van der Waals surface area (Å²) in [6, 6.07) is 11.9. The number of nitrogens with zero attached hydrogens (tertiary/aromatic N) is 1. The average molecular weight is 330 g/mol. The van der Waals surface area contributed by atoms with E-state index in [1.807, 2.05) is 0 Å². The quantitative estimate of drug-likeness (QED) is 0.430. The minimum Gasteiger partial charge on any atom is -0.481 e. The van der Waals surface area contributed by atoms with E-state index < -0.39 is 17.7 Å². The number of carbonyl (C=O) groups excluding carboxylic acids is 1. The Balaban J connectivity index is 2.08. The molecule has 1 amide bonds. The molecule has 2 rings (SSSR count). The Bertz CT molecular complexity index is 772. The van der Waals surface area contributed by atoms with E-state index >= 15 is 0 Å². The van der Waals surface area contributed by atoms with Gasteiger partial charge in [-0.25, -0.2) is 4.39 Å². The van der Waals surface area contributed by atoms with Gasteiger partial charge in [0.2, 0.25) is 0 Å². The summed E-state index contributed by atoms with van der Waals surface area (Å²) in [6.07, 6.45) is -0.0854. The molecule has 7 heteroatoms. The second kappa shape index (κ2) is 7.87. The highest BCUT2D eigenvalue weighted by molar-refractivity contribution is 6.05. The van der Waals surface area contributed by atoms with Crippen LogP contribution < -0.4 is 5.32 Å². The number of hydrogen-bond donors (Lipinski definition) is 3. The van der Waals surface area contributed by atoms with Crippen molar-refractivity contribution in [1.29, 1.82) is 0 Å². The number of nitrogens with one attached hydrogen (secondary N) is 1. The number of amides is 1. The maximum atomic E-state index is 13.6. The Morgan fingerprint density at radius 2 is 1.71 bits per heavy atom. The van der Waals surface area contributed by atoms with Crippen molar-refractivity contribution in [2.75, 3.05) is 5.32 Å². The molecule has 0 heterocycles. The minimum atomic E-state index is -0.995. The van der Waals surface area contributed by atoms with Gasteiger partial charge in [0, 0.05) is 12.1 Å². The highest BCUT2D eigenvalue weighted by Crippen LogP contribution is 2.15. The van der Waals surface area contributed by atoms with Crippen molar-refractivity contribution in [1.82, 2.24) is 0 Å². The molecule has 0 aliphatic carbocycles. The van der Waals surface area contributed by atoms with Crippen LogP contribution in [0.3, 0.4) is 0 Å². The third kappa shape index (κ3) is 4.39. The predicted octanol–water partition coefficient (Wildman–Crippen LogP) is 3.12. The van der Waals surface area contributed by atoms with Crippen molar-refractivity contribution in [3.05, 3.63) is 65.5 Å². The number of hydrogen-bond acceptors (Lipinski definition) is 4. The number of anilines is 1. The number of benzene rings is 2. The van der Waals surface area contributed by atoms with Crippen molar-refractivity contribution < 1.29 is 24.3 Å². The monoisotopic (exact) mass is 330 g/mol. The van der Waals surface area contributed by atoms with Crippen molar-refractivity contribution in [3.8, 4) is 0 Å². The molecule has 124 valence electrons. The molecule has 2 aromatic rings. The van der Waals surface area contributed by atoms with E-state index in [1.54, 1.807) is 30.3 Å². The highest BCUT2D eigenvalue weighted by Gasteiger charge is 2.12. The van der Waals surface area contributed by atoms with E-state index in [0.29, 0.717) is 11.3 Å². The fourth-order valence-corrected chi connectivity index (χ4v) is 2.07. The van der Waals surface area contributed by atoms with Crippen LogP contribution in [0.15, 0.2) is 53.7 Å². The fourth-order valence-electron chi connectivity index (χ4n) is 2.07. The third-order valence-corrected chi connectivity index (χ3v) is 3.29. The molecule has 3 N–H and O–H groups in total. The van der Waals surface area contributed by atoms with Gasteiger partial charge in [-0.2, -0.15) is 0 Å². The lowest BCUT2D eigenvalue weighted by Gasteiger charge is -2.08. The molecule has 0 aliphatic rings. The standard InChI is InChI=1S/C17H15FN2O4/c18-14-4-2-1-3-13(14)17(23)19-12-7-5-11(6-8-12)15(20-24)9-10-16(21)22/h1-8,24H,9-10H2,(H,19,23)(H,21,22). The van der Waals surface area contributed by atoms with E-state index in [0.717, 1.165) is 0 Å². The smallest absolute Gasteiger partial charge is 0.303 e. The number of aliphatic carboxylic acids is 1. The maximum absolute atomic E-state index is 13.6. The van der Waals surface area contributed by atoms with Crippen LogP contribution in [-0.4, -0.2) is 27.9 Å². The van der Waals surface area contributed by atoms with Gasteiger partial charge in [0.15, 0.2) is 0 Å². The van der Waals surface area contributed by atoms with E-state index in [-0.39, 0.29) is 24.1 Å². The molecule has 0 saturated carbocycles. The summed E-state index contributed by atoms with van der Waals surface area (Å²) in [4.78, 5) is 22.6. The van der Waals surface area contributed by atoms with Crippen LogP contribution in [0, 0.1) is 5.82 Å². The van der Waals surface area contributed by atoms with Gasteiger partial charge in [0.1, 0.15) is 5.82 Å². The molecule has 0 aromatic heterocycles. The molecule has 0 spiro atoms. The van der Waals surface area contributed by atoms with E-state index in [1.165, 1.54) is 18.2 Å². The molecule has 24 heavy (non-hydrogen) atoms. The molecule has 0 saturated heterocycles. The highest BCUT2D eigenvalue weighted by atomic mass is 19.1. The lowest BCUT2D eigenvalue weighted by Crippen LogP contribution is -2.13. The van der Waals surface area contributed by atoms with Gasteiger partial charge < -0.3 is 15.6 Å². The topological polar surface area (TPSA) is 99.0 Å². The maximum Gasteiger partial charge on any atom is 0.303 e. The van der Waals surface area contributed by atoms with Crippen molar-refractivity contribution >= 4 is 23.3 Å². The third-order valence-electron chi connectivity index (χ3n) is 3.29. The summed E-state index contributed by atoms with van der Waals surface area (Å²) >= 11 is 0. The molecule has 0 radical (unpaired) electrons. The first-order valence-electron chi connectivity index (χ1n) is 7.10. The second-order valence-corrected chi connectivity index (χ2v) is 4.95. The van der Waals surface area contributed by atoms with Crippen LogP contribution in [0.25, 0.3) is 0 Å². The first-order valence-corrected chi connectivity index (χ1v) is 7.10. The molecular formula is C17H15FN2O4. The Morgan fingerprint density at radius 3 is 2.29 bits per heavy atom. The molecule has 0 atom stereocenters. The Kier molecular flexibility index (Phi) is 5.62. The molecular weight excluding hydrogens is 315 g/mol. The summed E-state index contributed by atoms with van der Waals surface area (Å²) in [6.45, 7) is 0. The molecule has 0 aliphatic heterocycles. The summed E-state index contributed by atoms with van der Waals surface area (Å²) in [5.41, 5.74) is 1.12. The number of carboxylic acid groups (broad SMARTS) is 1. The lowest BCUT2D eigenvalue weighted by molar-refractivity contribution is -0.136. The predicted molar refractivity (Wildman–Crippen MR) is 86.0 cm³/mol. The van der Waals surface area contributed by atoms with Crippen LogP contribution in [0.2, 0.25) is 0 Å². The molecule has 0 unspecified atom stereocenters. The van der Waals surface area contributed by atoms with Crippen LogP contribution in [-0.2, 0) is 4.79 Å². The summed E-state index contributed by atoms with van der Waals surface area (Å²) in [7, 11) is 0. The lowest BCUT2D eigenvalue weighted by atomic mass is 10.1. The van der Waals surface area contributed by atoms with Gasteiger partial charge in [-0.05, 0) is 29.8 Å². The molecule has 0 bridgehead atoms. The van der Waals surface area contributed by atoms with Gasteiger partial charge in [-0.15, -0.1) is 0 Å². The summed E-state index contributed by atoms with van der Waals surface area (Å²) in [5.74, 6) is -2.19. The van der Waals surface area contributed by atoms with Crippen LogP contribution in [0.4, 0.5) is 10.1 Å². The van der Waals surface area contributed by atoms with Gasteiger partial charge in [-0.3, -0.25) is 9.59 Å². The molecule has 6 nitrogen and oxygen atoms in total. The summed E-state index contributed by atoms with van der Waals surface area (Å²) in [5, 5.41) is 23.3. The van der Waals surface area contributed by atoms with Gasteiger partial charge in [0.05, 0.1) is 17.7 Å². The van der Waals surface area contributed by atoms with Gasteiger partial charge in [-0.1, -0.05) is 29.4 Å². The number of rotatable bonds is 6. The first kappa shape index (κ1) is 17.1. The van der Waals surface area contributed by atoms with Gasteiger partial charge >= 0.3 is 5.97 Å². The Hall–Kier alpha value is -3.22. The normalized spacial score (nSPS) is 11.1. The minimum absolute atomic E-state index is 0.0688. The fraction of sp³-hybridized carbons (Fsp3) is 0.118. The molecule has 2 aromatic carbocycles. The van der Waals surface area contributed by atoms with E-state index in [4.69, 9.17) is 10.3 Å².